The summed E-state index contributed by atoms with van der Waals surface area (Å²) in [5.41, 5.74) is 0.867. The lowest BCUT2D eigenvalue weighted by Gasteiger charge is -2.32. The molecule has 1 aromatic carbocycles. The first-order chi connectivity index (χ1) is 12.0. The Kier molecular flexibility index (Phi) is 10.0. The number of hydrogen-bond acceptors (Lipinski definition) is 3. The van der Waals surface area contributed by atoms with Crippen molar-refractivity contribution < 1.29 is 13.9 Å². The predicted octanol–water partition coefficient (Wildman–Crippen LogP) is 3.38. The van der Waals surface area contributed by atoms with Crippen molar-refractivity contribution >= 4 is 47.6 Å². The molecule has 0 unspecified atom stereocenters. The molecule has 0 bridgehead atoms. The van der Waals surface area contributed by atoms with Gasteiger partial charge in [-0.2, -0.15) is 0 Å². The zero-order valence-corrected chi connectivity index (χ0v) is 18.0. The second-order valence-electron chi connectivity index (χ2n) is 5.78. The van der Waals surface area contributed by atoms with Crippen LogP contribution in [0.5, 0.6) is 0 Å². The normalized spacial score (nSPS) is 15.2. The number of piperidine rings is 1. The summed E-state index contributed by atoms with van der Waals surface area (Å²) < 4.78 is 18.2. The average molecular weight is 499 g/mol. The molecule has 1 amide bonds. The van der Waals surface area contributed by atoms with Gasteiger partial charge >= 0.3 is 6.09 Å². The Morgan fingerprint density at radius 3 is 2.69 bits per heavy atom. The van der Waals surface area contributed by atoms with Gasteiger partial charge in [0, 0.05) is 32.7 Å². The average Bonchev–Trinajstić information content (AvgIpc) is 2.62. The van der Waals surface area contributed by atoms with E-state index in [1.165, 1.54) is 6.07 Å². The summed E-state index contributed by atoms with van der Waals surface area (Å²) >= 11 is 5.79. The van der Waals surface area contributed by atoms with Gasteiger partial charge in [-0.15, -0.1) is 24.0 Å². The van der Waals surface area contributed by atoms with E-state index in [0.717, 1.165) is 18.4 Å². The first kappa shape index (κ1) is 22.8. The lowest BCUT2D eigenvalue weighted by molar-refractivity contribution is 0.0963. The first-order valence-electron chi connectivity index (χ1n) is 8.36. The molecule has 9 heteroatoms. The SMILES string of the molecule is CCOC(=O)N1CCC(NC(=NC)NCc2ccc(F)c(Cl)c2)CC1.I. The van der Waals surface area contributed by atoms with Crippen LogP contribution in [0.4, 0.5) is 9.18 Å². The third-order valence-corrected chi connectivity index (χ3v) is 4.32. The molecule has 2 rings (SSSR count). The summed E-state index contributed by atoms with van der Waals surface area (Å²) in [7, 11) is 1.70. The number of benzene rings is 1. The summed E-state index contributed by atoms with van der Waals surface area (Å²) in [6.45, 7) is 3.99. The number of rotatable bonds is 4. The van der Waals surface area contributed by atoms with E-state index in [4.69, 9.17) is 16.3 Å². The van der Waals surface area contributed by atoms with Crippen molar-refractivity contribution in [3.05, 3.63) is 34.6 Å². The molecule has 146 valence electrons. The highest BCUT2D eigenvalue weighted by Crippen LogP contribution is 2.16. The highest BCUT2D eigenvalue weighted by molar-refractivity contribution is 14.0. The summed E-state index contributed by atoms with van der Waals surface area (Å²) in [5, 5.41) is 6.64. The van der Waals surface area contributed by atoms with Crippen molar-refractivity contribution in [1.82, 2.24) is 15.5 Å². The Morgan fingerprint density at radius 2 is 2.12 bits per heavy atom. The van der Waals surface area contributed by atoms with Crippen LogP contribution in [0.1, 0.15) is 25.3 Å². The van der Waals surface area contributed by atoms with Gasteiger partial charge in [-0.3, -0.25) is 4.99 Å². The third-order valence-electron chi connectivity index (χ3n) is 4.03. The molecule has 0 aliphatic carbocycles. The topological polar surface area (TPSA) is 66.0 Å². The van der Waals surface area contributed by atoms with Gasteiger partial charge in [-0.1, -0.05) is 17.7 Å². The van der Waals surface area contributed by atoms with Gasteiger partial charge in [-0.05, 0) is 37.5 Å². The number of carbonyl (C=O) groups excluding carboxylic acids is 1. The van der Waals surface area contributed by atoms with Crippen LogP contribution >= 0.6 is 35.6 Å². The number of nitrogens with zero attached hydrogens (tertiary/aromatic N) is 2. The Bertz CT molecular complexity index is 625. The predicted molar refractivity (Wildman–Crippen MR) is 112 cm³/mol. The highest BCUT2D eigenvalue weighted by atomic mass is 127. The van der Waals surface area contributed by atoms with Crippen LogP contribution in [0.2, 0.25) is 5.02 Å². The maximum atomic E-state index is 13.2. The van der Waals surface area contributed by atoms with Crippen LogP contribution in [-0.2, 0) is 11.3 Å². The van der Waals surface area contributed by atoms with Gasteiger partial charge < -0.3 is 20.3 Å². The van der Waals surface area contributed by atoms with Crippen molar-refractivity contribution in [3.63, 3.8) is 0 Å². The molecule has 1 fully saturated rings. The number of halogens is 3. The van der Waals surface area contributed by atoms with Gasteiger partial charge in [0.1, 0.15) is 5.82 Å². The molecule has 1 aromatic rings. The molecular formula is C17H25ClFIN4O2. The van der Waals surface area contributed by atoms with E-state index >= 15 is 0 Å². The van der Waals surface area contributed by atoms with Crippen LogP contribution in [0.3, 0.4) is 0 Å². The lowest BCUT2D eigenvalue weighted by Crippen LogP contribution is -2.49. The molecule has 0 radical (unpaired) electrons. The molecule has 0 aromatic heterocycles. The van der Waals surface area contributed by atoms with Gasteiger partial charge in [0.05, 0.1) is 11.6 Å². The summed E-state index contributed by atoms with van der Waals surface area (Å²) in [6.07, 6.45) is 1.39. The standard InChI is InChI=1S/C17H24ClFN4O2.HI/c1-3-25-17(24)23-8-6-13(7-9-23)22-16(20-2)21-11-12-4-5-15(19)14(18)10-12;/h4-5,10,13H,3,6-9,11H2,1-2H3,(H2,20,21,22);1H. The fourth-order valence-electron chi connectivity index (χ4n) is 2.64. The Labute approximate surface area is 175 Å². The van der Waals surface area contributed by atoms with Gasteiger partial charge in [0.25, 0.3) is 0 Å². The van der Waals surface area contributed by atoms with E-state index < -0.39 is 5.82 Å². The van der Waals surface area contributed by atoms with E-state index in [0.29, 0.717) is 32.2 Å². The van der Waals surface area contributed by atoms with Crippen molar-refractivity contribution in [2.75, 3.05) is 26.7 Å². The van der Waals surface area contributed by atoms with Crippen LogP contribution in [-0.4, -0.2) is 49.7 Å². The summed E-state index contributed by atoms with van der Waals surface area (Å²) in [5.74, 6) is 0.233. The van der Waals surface area contributed by atoms with Crippen molar-refractivity contribution in [1.29, 1.82) is 0 Å². The fourth-order valence-corrected chi connectivity index (χ4v) is 2.85. The maximum Gasteiger partial charge on any atom is 0.409 e. The van der Waals surface area contributed by atoms with Crippen LogP contribution < -0.4 is 10.6 Å². The van der Waals surface area contributed by atoms with Crippen molar-refractivity contribution in [2.45, 2.75) is 32.4 Å². The maximum absolute atomic E-state index is 13.2. The Balaban J connectivity index is 0.00000338. The minimum absolute atomic E-state index is 0. The number of likely N-dealkylation sites (tertiary alicyclic amines) is 1. The number of ether oxygens (including phenoxy) is 1. The molecule has 1 saturated heterocycles. The molecule has 1 aliphatic rings. The van der Waals surface area contributed by atoms with E-state index in [-0.39, 0.29) is 41.1 Å². The number of carbonyl (C=O) groups is 1. The lowest BCUT2D eigenvalue weighted by atomic mass is 10.1. The molecule has 1 heterocycles. The van der Waals surface area contributed by atoms with Crippen molar-refractivity contribution in [3.8, 4) is 0 Å². The van der Waals surface area contributed by atoms with Crippen molar-refractivity contribution in [2.24, 2.45) is 4.99 Å². The number of hydrogen-bond donors (Lipinski definition) is 2. The Morgan fingerprint density at radius 1 is 1.42 bits per heavy atom. The number of nitrogens with one attached hydrogen (secondary N) is 2. The highest BCUT2D eigenvalue weighted by Gasteiger charge is 2.23. The quantitative estimate of drug-likeness (QED) is 0.379. The molecular weight excluding hydrogens is 474 g/mol. The van der Waals surface area contributed by atoms with Crippen LogP contribution in [0.25, 0.3) is 0 Å². The number of amides is 1. The molecule has 26 heavy (non-hydrogen) atoms. The minimum Gasteiger partial charge on any atom is -0.450 e. The first-order valence-corrected chi connectivity index (χ1v) is 8.74. The smallest absolute Gasteiger partial charge is 0.409 e. The van der Waals surface area contributed by atoms with Crippen LogP contribution in [0.15, 0.2) is 23.2 Å². The second kappa shape index (κ2) is 11.4. The zero-order valence-electron chi connectivity index (χ0n) is 14.9. The monoisotopic (exact) mass is 498 g/mol. The summed E-state index contributed by atoms with van der Waals surface area (Å²) in [4.78, 5) is 17.6. The molecule has 0 spiro atoms. The third kappa shape index (κ3) is 6.79. The largest absolute Gasteiger partial charge is 0.450 e. The van der Waals surface area contributed by atoms with Gasteiger partial charge in [0.2, 0.25) is 0 Å². The molecule has 6 nitrogen and oxygen atoms in total. The fraction of sp³-hybridized carbons (Fsp3) is 0.529. The molecule has 1 aliphatic heterocycles. The van der Waals surface area contributed by atoms with E-state index in [2.05, 4.69) is 15.6 Å². The second-order valence-corrected chi connectivity index (χ2v) is 6.19. The summed E-state index contributed by atoms with van der Waals surface area (Å²) in [6, 6.07) is 4.85. The van der Waals surface area contributed by atoms with Gasteiger partial charge in [0.15, 0.2) is 5.96 Å². The van der Waals surface area contributed by atoms with E-state index in [1.54, 1.807) is 31.0 Å². The number of guanidine groups is 1. The zero-order chi connectivity index (χ0) is 18.2. The van der Waals surface area contributed by atoms with Crippen LogP contribution in [0, 0.1) is 5.82 Å². The molecule has 0 atom stereocenters. The molecule has 2 N–H and O–H groups in total. The molecule has 0 saturated carbocycles. The van der Waals surface area contributed by atoms with Gasteiger partial charge in [-0.25, -0.2) is 9.18 Å². The Hall–Kier alpha value is -1.29. The minimum atomic E-state index is -0.429. The van der Waals surface area contributed by atoms with E-state index in [1.807, 2.05) is 0 Å². The number of aliphatic imine (C=N–C) groups is 1. The van der Waals surface area contributed by atoms with E-state index in [9.17, 15) is 9.18 Å².